The van der Waals surface area contributed by atoms with E-state index in [9.17, 15) is 9.18 Å². The molecule has 0 radical (unpaired) electrons. The van der Waals surface area contributed by atoms with Gasteiger partial charge in [-0.15, -0.1) is 5.10 Å². The third-order valence-electron chi connectivity index (χ3n) is 4.09. The van der Waals surface area contributed by atoms with Gasteiger partial charge in [0.05, 0.1) is 19.4 Å². The van der Waals surface area contributed by atoms with E-state index in [1.807, 2.05) is 13.8 Å². The Balaban J connectivity index is 1.58. The van der Waals surface area contributed by atoms with E-state index < -0.39 is 11.6 Å². The number of hydrogen-bond acceptors (Lipinski definition) is 6. The maximum Gasteiger partial charge on any atom is 0.260 e. The van der Waals surface area contributed by atoms with Gasteiger partial charge >= 0.3 is 0 Å². The van der Waals surface area contributed by atoms with E-state index in [2.05, 4.69) is 25.6 Å². The molecule has 134 valence electrons. The number of alkyl halides is 1. The highest BCUT2D eigenvalue weighted by Gasteiger charge is 2.43. The van der Waals surface area contributed by atoms with Crippen molar-refractivity contribution in [2.75, 3.05) is 19.8 Å². The number of halogens is 1. The summed E-state index contributed by atoms with van der Waals surface area (Å²) in [7, 11) is 0. The standard InChI is InChI=1S/C16H21FN6O2/c1-15(2,8-20-14(24)16(17)3-4-25-10-16)9-23-7-13(21-22-23)12-5-18-11-19-6-12/h5-7,11H,3-4,8-10H2,1-2H3,(H,20,24). The molecular formula is C16H21FN6O2. The maximum absolute atomic E-state index is 14.3. The van der Waals surface area contributed by atoms with Crippen molar-refractivity contribution in [2.45, 2.75) is 32.5 Å². The van der Waals surface area contributed by atoms with Crippen LogP contribution in [0.15, 0.2) is 24.9 Å². The highest BCUT2D eigenvalue weighted by molar-refractivity contribution is 5.85. The Bertz CT molecular complexity index is 727. The van der Waals surface area contributed by atoms with Crippen molar-refractivity contribution in [3.05, 3.63) is 24.9 Å². The van der Waals surface area contributed by atoms with Gasteiger partial charge in [-0.2, -0.15) is 0 Å². The fraction of sp³-hybridized carbons (Fsp3) is 0.562. The van der Waals surface area contributed by atoms with Gasteiger partial charge in [0, 0.05) is 42.9 Å². The van der Waals surface area contributed by atoms with E-state index in [0.717, 1.165) is 5.56 Å². The monoisotopic (exact) mass is 348 g/mol. The van der Waals surface area contributed by atoms with Crippen LogP contribution in [-0.2, 0) is 16.1 Å². The molecule has 0 aromatic carbocycles. The van der Waals surface area contributed by atoms with Crippen molar-refractivity contribution in [1.82, 2.24) is 30.3 Å². The molecule has 8 nitrogen and oxygen atoms in total. The van der Waals surface area contributed by atoms with E-state index in [0.29, 0.717) is 18.8 Å². The van der Waals surface area contributed by atoms with Crippen LogP contribution < -0.4 is 5.32 Å². The number of rotatable bonds is 6. The number of nitrogens with one attached hydrogen (secondary N) is 1. The molecule has 1 aliphatic heterocycles. The Labute approximate surface area is 144 Å². The van der Waals surface area contributed by atoms with Crippen molar-refractivity contribution < 1.29 is 13.9 Å². The highest BCUT2D eigenvalue weighted by atomic mass is 19.1. The van der Waals surface area contributed by atoms with Crippen LogP contribution in [0.25, 0.3) is 11.3 Å². The molecule has 3 heterocycles. The molecule has 1 amide bonds. The van der Waals surface area contributed by atoms with Crippen LogP contribution in [0.3, 0.4) is 0 Å². The largest absolute Gasteiger partial charge is 0.377 e. The van der Waals surface area contributed by atoms with Gasteiger partial charge in [0.2, 0.25) is 5.67 Å². The van der Waals surface area contributed by atoms with Gasteiger partial charge in [0.15, 0.2) is 0 Å². The summed E-state index contributed by atoms with van der Waals surface area (Å²) in [5.74, 6) is -0.612. The first-order chi connectivity index (χ1) is 11.9. The zero-order valence-corrected chi connectivity index (χ0v) is 14.3. The topological polar surface area (TPSA) is 94.8 Å². The lowest BCUT2D eigenvalue weighted by atomic mass is 9.93. The van der Waals surface area contributed by atoms with Crippen LogP contribution in [-0.4, -0.2) is 56.3 Å². The zero-order valence-electron chi connectivity index (χ0n) is 14.3. The van der Waals surface area contributed by atoms with Crippen molar-refractivity contribution in [3.63, 3.8) is 0 Å². The minimum absolute atomic E-state index is 0.102. The highest BCUT2D eigenvalue weighted by Crippen LogP contribution is 2.24. The summed E-state index contributed by atoms with van der Waals surface area (Å²) in [6, 6.07) is 0. The Kier molecular flexibility index (Phi) is 4.76. The molecule has 2 aromatic heterocycles. The molecule has 1 fully saturated rings. The molecule has 3 rings (SSSR count). The molecule has 1 N–H and O–H groups in total. The molecule has 9 heteroatoms. The third-order valence-corrected chi connectivity index (χ3v) is 4.09. The molecule has 1 atom stereocenters. The van der Waals surface area contributed by atoms with Gasteiger partial charge in [0.1, 0.15) is 12.0 Å². The SMILES string of the molecule is CC(C)(CNC(=O)C1(F)CCOC1)Cn1cc(-c2cncnc2)nn1. The fourth-order valence-corrected chi connectivity index (χ4v) is 2.63. The maximum atomic E-state index is 14.3. The molecule has 0 aliphatic carbocycles. The summed E-state index contributed by atoms with van der Waals surface area (Å²) >= 11 is 0. The second-order valence-electron chi connectivity index (χ2n) is 7.04. The van der Waals surface area contributed by atoms with Crippen LogP contribution in [0.4, 0.5) is 4.39 Å². The number of aromatic nitrogens is 5. The Hall–Kier alpha value is -2.42. The van der Waals surface area contributed by atoms with Crippen LogP contribution >= 0.6 is 0 Å². The van der Waals surface area contributed by atoms with E-state index in [-0.39, 0.29) is 25.0 Å². The lowest BCUT2D eigenvalue weighted by molar-refractivity contribution is -0.133. The van der Waals surface area contributed by atoms with Gasteiger partial charge in [-0.3, -0.25) is 9.48 Å². The van der Waals surface area contributed by atoms with Crippen LogP contribution in [0.2, 0.25) is 0 Å². The smallest absolute Gasteiger partial charge is 0.260 e. The second kappa shape index (κ2) is 6.83. The first-order valence-corrected chi connectivity index (χ1v) is 8.09. The van der Waals surface area contributed by atoms with Crippen molar-refractivity contribution in [1.29, 1.82) is 0 Å². The Morgan fingerprint density at radius 1 is 1.44 bits per heavy atom. The van der Waals surface area contributed by atoms with Crippen molar-refractivity contribution in [3.8, 4) is 11.3 Å². The second-order valence-corrected chi connectivity index (χ2v) is 7.04. The molecule has 25 heavy (non-hydrogen) atoms. The average Bonchev–Trinajstić information content (AvgIpc) is 3.23. The minimum atomic E-state index is -1.91. The summed E-state index contributed by atoms with van der Waals surface area (Å²) in [4.78, 5) is 20.0. The van der Waals surface area contributed by atoms with Crippen LogP contribution in [0, 0.1) is 5.41 Å². The number of amides is 1. The molecule has 1 aliphatic rings. The van der Waals surface area contributed by atoms with E-state index in [1.54, 1.807) is 23.3 Å². The third kappa shape index (κ3) is 4.16. The van der Waals surface area contributed by atoms with E-state index in [1.165, 1.54) is 6.33 Å². The minimum Gasteiger partial charge on any atom is -0.377 e. The van der Waals surface area contributed by atoms with Gasteiger partial charge in [-0.25, -0.2) is 14.4 Å². The summed E-state index contributed by atoms with van der Waals surface area (Å²) in [5, 5.41) is 10.9. The van der Waals surface area contributed by atoms with Gasteiger partial charge in [0.25, 0.3) is 5.91 Å². The van der Waals surface area contributed by atoms with Gasteiger partial charge in [-0.1, -0.05) is 19.1 Å². The summed E-state index contributed by atoms with van der Waals surface area (Å²) < 4.78 is 21.0. The van der Waals surface area contributed by atoms with Gasteiger partial charge in [-0.05, 0) is 0 Å². The summed E-state index contributed by atoms with van der Waals surface area (Å²) in [6.45, 7) is 4.88. The Morgan fingerprint density at radius 3 is 2.88 bits per heavy atom. The predicted octanol–water partition coefficient (Wildman–Crippen LogP) is 1.01. The lowest BCUT2D eigenvalue weighted by Gasteiger charge is -2.26. The molecule has 1 saturated heterocycles. The lowest BCUT2D eigenvalue weighted by Crippen LogP contribution is -2.47. The van der Waals surface area contributed by atoms with Crippen molar-refractivity contribution in [2.24, 2.45) is 5.41 Å². The number of carbonyl (C=O) groups is 1. The quantitative estimate of drug-likeness (QED) is 0.837. The average molecular weight is 348 g/mol. The molecular weight excluding hydrogens is 327 g/mol. The first kappa shape index (κ1) is 17.4. The normalized spacial score (nSPS) is 20.6. The molecule has 0 bridgehead atoms. The molecule has 1 unspecified atom stereocenters. The number of ether oxygens (including phenoxy) is 1. The molecule has 0 spiro atoms. The summed E-state index contributed by atoms with van der Waals surface area (Å²) in [5.41, 5.74) is -0.792. The zero-order chi connectivity index (χ0) is 17.9. The fourth-order valence-electron chi connectivity index (χ4n) is 2.63. The Morgan fingerprint density at radius 2 is 2.20 bits per heavy atom. The number of nitrogens with zero attached hydrogens (tertiary/aromatic N) is 5. The van der Waals surface area contributed by atoms with Crippen LogP contribution in [0.1, 0.15) is 20.3 Å². The van der Waals surface area contributed by atoms with Crippen molar-refractivity contribution >= 4 is 5.91 Å². The number of hydrogen-bond donors (Lipinski definition) is 1. The first-order valence-electron chi connectivity index (χ1n) is 8.09. The van der Waals surface area contributed by atoms with Crippen LogP contribution in [0.5, 0.6) is 0 Å². The molecule has 2 aromatic rings. The van der Waals surface area contributed by atoms with Gasteiger partial charge < -0.3 is 10.1 Å². The van der Waals surface area contributed by atoms with E-state index in [4.69, 9.17) is 4.74 Å². The predicted molar refractivity (Wildman–Crippen MR) is 87.1 cm³/mol. The number of carbonyl (C=O) groups excluding carboxylic acids is 1. The summed E-state index contributed by atoms with van der Waals surface area (Å²) in [6.07, 6.45) is 6.68. The van der Waals surface area contributed by atoms with E-state index >= 15 is 0 Å². The molecule has 0 saturated carbocycles.